The lowest BCUT2D eigenvalue weighted by Gasteiger charge is -2.27. The number of carbonyl (C=O) groups is 2. The van der Waals surface area contributed by atoms with Crippen LogP contribution >= 0.6 is 0 Å². The second-order valence-electron chi connectivity index (χ2n) is 7.20. The summed E-state index contributed by atoms with van der Waals surface area (Å²) in [5, 5.41) is 1.02. The molecule has 25 heavy (non-hydrogen) atoms. The average molecular weight is 340 g/mol. The van der Waals surface area contributed by atoms with Gasteiger partial charge in [-0.05, 0) is 24.8 Å². The molecule has 4 rings (SSSR count). The molecule has 2 heterocycles. The Morgan fingerprint density at radius 2 is 2.20 bits per heavy atom. The summed E-state index contributed by atoms with van der Waals surface area (Å²) in [5.41, 5.74) is 3.66. The molecular formula is C20H24N2O3. The van der Waals surface area contributed by atoms with Crippen molar-refractivity contribution in [3.63, 3.8) is 0 Å². The fourth-order valence-electron chi connectivity index (χ4n) is 4.18. The molecule has 1 N–H and O–H groups in total. The summed E-state index contributed by atoms with van der Waals surface area (Å²) in [6, 6.07) is 5.67. The minimum Gasteiger partial charge on any atom is -0.465 e. The molecule has 2 aliphatic rings. The Kier molecular flexibility index (Phi) is 4.02. The van der Waals surface area contributed by atoms with Crippen molar-refractivity contribution < 1.29 is 14.3 Å². The monoisotopic (exact) mass is 340 g/mol. The van der Waals surface area contributed by atoms with Crippen LogP contribution < -0.4 is 0 Å². The van der Waals surface area contributed by atoms with Gasteiger partial charge in [0, 0.05) is 42.1 Å². The third kappa shape index (κ3) is 2.71. The van der Waals surface area contributed by atoms with Gasteiger partial charge in [0.1, 0.15) is 0 Å². The van der Waals surface area contributed by atoms with E-state index in [9.17, 15) is 9.59 Å². The molecule has 2 aromatic rings. The SMILES string of the molecule is CCC[C@H]1C[C@@H]1C(=O)N1CCc2[nH]c3c(C(=O)OC)cccc3c2C1. The van der Waals surface area contributed by atoms with Crippen LogP contribution in [-0.4, -0.2) is 35.4 Å². The maximum Gasteiger partial charge on any atom is 0.339 e. The Morgan fingerprint density at radius 3 is 2.96 bits per heavy atom. The van der Waals surface area contributed by atoms with E-state index in [0.717, 1.165) is 54.4 Å². The van der Waals surface area contributed by atoms with Gasteiger partial charge in [-0.3, -0.25) is 4.79 Å². The summed E-state index contributed by atoms with van der Waals surface area (Å²) in [5.74, 6) is 0.796. The predicted molar refractivity (Wildman–Crippen MR) is 95.3 cm³/mol. The molecule has 2 atom stereocenters. The number of nitrogens with zero attached hydrogens (tertiary/aromatic N) is 1. The predicted octanol–water partition coefficient (Wildman–Crippen LogP) is 3.28. The fourth-order valence-corrected chi connectivity index (χ4v) is 4.18. The zero-order valence-corrected chi connectivity index (χ0v) is 14.8. The lowest BCUT2D eigenvalue weighted by molar-refractivity contribution is -0.133. The Morgan fingerprint density at radius 1 is 1.36 bits per heavy atom. The number of aromatic nitrogens is 1. The van der Waals surface area contributed by atoms with Crippen molar-refractivity contribution in [1.82, 2.24) is 9.88 Å². The quantitative estimate of drug-likeness (QED) is 0.869. The Labute approximate surface area is 147 Å². The van der Waals surface area contributed by atoms with Gasteiger partial charge in [0.25, 0.3) is 0 Å². The molecule has 5 nitrogen and oxygen atoms in total. The van der Waals surface area contributed by atoms with Gasteiger partial charge in [0.15, 0.2) is 0 Å². The first-order valence-electron chi connectivity index (χ1n) is 9.13. The minimum atomic E-state index is -0.336. The number of carbonyl (C=O) groups excluding carboxylic acids is 2. The highest BCUT2D eigenvalue weighted by Crippen LogP contribution is 2.44. The van der Waals surface area contributed by atoms with Crippen LogP contribution in [-0.2, 0) is 22.5 Å². The minimum absolute atomic E-state index is 0.234. The summed E-state index contributed by atoms with van der Waals surface area (Å²) in [6.07, 6.45) is 4.17. The highest BCUT2D eigenvalue weighted by Gasteiger charge is 2.44. The molecule has 5 heteroatoms. The van der Waals surface area contributed by atoms with E-state index in [1.165, 1.54) is 7.11 Å². The largest absolute Gasteiger partial charge is 0.465 e. The second kappa shape index (κ2) is 6.21. The number of benzene rings is 1. The molecule has 1 aromatic carbocycles. The van der Waals surface area contributed by atoms with Gasteiger partial charge in [-0.15, -0.1) is 0 Å². The topological polar surface area (TPSA) is 62.4 Å². The van der Waals surface area contributed by atoms with Crippen LogP contribution in [0.15, 0.2) is 18.2 Å². The summed E-state index contributed by atoms with van der Waals surface area (Å²) in [6.45, 7) is 3.56. The molecule has 1 amide bonds. The average Bonchev–Trinajstić information content (AvgIpc) is 3.30. The second-order valence-corrected chi connectivity index (χ2v) is 7.20. The van der Waals surface area contributed by atoms with Crippen molar-refractivity contribution in [3.05, 3.63) is 35.0 Å². The van der Waals surface area contributed by atoms with Crippen LogP contribution in [0.2, 0.25) is 0 Å². The van der Waals surface area contributed by atoms with Crippen LogP contribution in [0.25, 0.3) is 10.9 Å². The Hall–Kier alpha value is -2.30. The number of nitrogens with one attached hydrogen (secondary N) is 1. The number of para-hydroxylation sites is 1. The number of H-pyrrole nitrogens is 1. The van der Waals surface area contributed by atoms with Crippen LogP contribution in [0.4, 0.5) is 0 Å². The van der Waals surface area contributed by atoms with E-state index in [0.29, 0.717) is 23.9 Å². The van der Waals surface area contributed by atoms with E-state index in [1.54, 1.807) is 6.07 Å². The number of methoxy groups -OCH3 is 1. The molecule has 1 aliphatic carbocycles. The Balaban J connectivity index is 1.61. The molecule has 132 valence electrons. The van der Waals surface area contributed by atoms with Gasteiger partial charge in [-0.2, -0.15) is 0 Å². The molecule has 0 saturated heterocycles. The summed E-state index contributed by atoms with van der Waals surface area (Å²) >= 11 is 0. The number of fused-ring (bicyclic) bond motifs is 3. The van der Waals surface area contributed by atoms with Gasteiger partial charge in [0.2, 0.25) is 5.91 Å². The van der Waals surface area contributed by atoms with E-state index >= 15 is 0 Å². The van der Waals surface area contributed by atoms with Crippen LogP contribution in [0, 0.1) is 11.8 Å². The lowest BCUT2D eigenvalue weighted by atomic mass is 10.0. The van der Waals surface area contributed by atoms with Crippen LogP contribution in [0.1, 0.15) is 47.8 Å². The van der Waals surface area contributed by atoms with E-state index < -0.39 is 0 Å². The molecule has 0 spiro atoms. The third-order valence-corrected chi connectivity index (χ3v) is 5.63. The van der Waals surface area contributed by atoms with Crippen LogP contribution in [0.5, 0.6) is 0 Å². The lowest BCUT2D eigenvalue weighted by Crippen LogP contribution is -2.37. The molecule has 0 radical (unpaired) electrons. The Bertz CT molecular complexity index is 839. The number of esters is 1. The molecule has 0 bridgehead atoms. The molecule has 1 saturated carbocycles. The first kappa shape index (κ1) is 16.2. The maximum atomic E-state index is 12.8. The number of ether oxygens (including phenoxy) is 1. The van der Waals surface area contributed by atoms with Gasteiger partial charge >= 0.3 is 5.97 Å². The van der Waals surface area contributed by atoms with Gasteiger partial charge < -0.3 is 14.6 Å². The van der Waals surface area contributed by atoms with E-state index in [1.807, 2.05) is 17.0 Å². The summed E-state index contributed by atoms with van der Waals surface area (Å²) in [7, 11) is 1.40. The number of amides is 1. The molecule has 1 aromatic heterocycles. The molecule has 1 aliphatic heterocycles. The summed E-state index contributed by atoms with van der Waals surface area (Å²) in [4.78, 5) is 30.2. The van der Waals surface area contributed by atoms with Crippen molar-refractivity contribution in [2.45, 2.75) is 39.2 Å². The van der Waals surface area contributed by atoms with Crippen molar-refractivity contribution in [3.8, 4) is 0 Å². The molecule has 0 unspecified atom stereocenters. The third-order valence-electron chi connectivity index (χ3n) is 5.63. The van der Waals surface area contributed by atoms with Gasteiger partial charge in [-0.1, -0.05) is 25.5 Å². The van der Waals surface area contributed by atoms with Crippen molar-refractivity contribution in [2.24, 2.45) is 11.8 Å². The van der Waals surface area contributed by atoms with E-state index in [4.69, 9.17) is 4.74 Å². The van der Waals surface area contributed by atoms with Crippen molar-refractivity contribution in [1.29, 1.82) is 0 Å². The first-order valence-corrected chi connectivity index (χ1v) is 9.13. The zero-order valence-electron chi connectivity index (χ0n) is 14.8. The number of rotatable bonds is 4. The highest BCUT2D eigenvalue weighted by atomic mass is 16.5. The fraction of sp³-hybridized carbons (Fsp3) is 0.500. The van der Waals surface area contributed by atoms with E-state index in [-0.39, 0.29) is 11.9 Å². The first-order chi connectivity index (χ1) is 12.1. The number of aromatic amines is 1. The van der Waals surface area contributed by atoms with Crippen LogP contribution in [0.3, 0.4) is 0 Å². The highest BCUT2D eigenvalue weighted by molar-refractivity contribution is 6.04. The van der Waals surface area contributed by atoms with E-state index in [2.05, 4.69) is 11.9 Å². The number of hydrogen-bond donors (Lipinski definition) is 1. The molecule has 1 fully saturated rings. The number of hydrogen-bond acceptors (Lipinski definition) is 3. The molecular weight excluding hydrogens is 316 g/mol. The van der Waals surface area contributed by atoms with Crippen molar-refractivity contribution >= 4 is 22.8 Å². The normalized spacial score (nSPS) is 21.9. The maximum absolute atomic E-state index is 12.8. The van der Waals surface area contributed by atoms with Crippen molar-refractivity contribution in [2.75, 3.05) is 13.7 Å². The smallest absolute Gasteiger partial charge is 0.339 e. The standard InChI is InChI=1S/C20H24N2O3/c1-3-5-12-10-15(12)19(23)22-9-8-17-16(11-22)13-6-4-7-14(18(13)21-17)20(24)25-2/h4,6-7,12,15,21H,3,5,8-11H2,1-2H3/t12-,15-/m0/s1. The van der Waals surface area contributed by atoms with Gasteiger partial charge in [0.05, 0.1) is 18.2 Å². The zero-order chi connectivity index (χ0) is 17.6. The summed E-state index contributed by atoms with van der Waals surface area (Å²) < 4.78 is 4.89. The van der Waals surface area contributed by atoms with Gasteiger partial charge in [-0.25, -0.2) is 4.79 Å².